The number of nitrogens with one attached hydrogen (secondary N) is 2. The zero-order valence-corrected chi connectivity index (χ0v) is 20.3. The van der Waals surface area contributed by atoms with Gasteiger partial charge in [0, 0.05) is 12.5 Å². The number of carbonyl (C=O) groups excluding carboxylic acids is 2. The summed E-state index contributed by atoms with van der Waals surface area (Å²) in [6, 6.07) is 16.2. The molecule has 0 radical (unpaired) electrons. The summed E-state index contributed by atoms with van der Waals surface area (Å²) < 4.78 is 5.52. The Kier molecular flexibility index (Phi) is 7.45. The number of nitrogens with zero attached hydrogens (tertiary/aromatic N) is 1. The molecule has 2 amide bonds. The van der Waals surface area contributed by atoms with E-state index in [9.17, 15) is 19.5 Å². The molecule has 0 saturated carbocycles. The predicted molar refractivity (Wildman–Crippen MR) is 132 cm³/mol. The number of amides is 2. The van der Waals surface area contributed by atoms with E-state index in [1.165, 1.54) is 6.20 Å². The van der Waals surface area contributed by atoms with Gasteiger partial charge in [0.15, 0.2) is 0 Å². The second-order valence-corrected chi connectivity index (χ2v) is 9.81. The molecular weight excluding hydrogens is 466 g/mol. The number of carboxylic acids is 1. The Labute approximate surface area is 207 Å². The summed E-state index contributed by atoms with van der Waals surface area (Å²) in [5.74, 6) is -2.13. The zero-order chi connectivity index (χ0) is 24.9. The van der Waals surface area contributed by atoms with E-state index in [1.54, 1.807) is 13.8 Å². The van der Waals surface area contributed by atoms with Crippen LogP contribution in [0.1, 0.15) is 45.6 Å². The molecule has 35 heavy (non-hydrogen) atoms. The van der Waals surface area contributed by atoms with Gasteiger partial charge in [0.05, 0.1) is 18.7 Å². The number of carboxylic acid groups (broad SMARTS) is 1. The molecule has 0 saturated heterocycles. The van der Waals surface area contributed by atoms with Crippen LogP contribution in [0.15, 0.2) is 54.7 Å². The van der Waals surface area contributed by atoms with E-state index < -0.39 is 18.0 Å². The minimum absolute atomic E-state index is 0.0243. The molecule has 1 atom stereocenters. The van der Waals surface area contributed by atoms with Crippen molar-refractivity contribution in [1.29, 1.82) is 0 Å². The number of hydrogen-bond donors (Lipinski definition) is 3. The molecule has 4 rings (SSSR count). The predicted octanol–water partition coefficient (Wildman–Crippen LogP) is 4.27. The molecule has 182 valence electrons. The van der Waals surface area contributed by atoms with Gasteiger partial charge >= 0.3 is 12.1 Å². The number of carbonyl (C=O) groups is 3. The van der Waals surface area contributed by atoms with Gasteiger partial charge in [-0.15, -0.1) is 11.3 Å². The first-order valence-electron chi connectivity index (χ1n) is 11.4. The lowest BCUT2D eigenvalue weighted by atomic mass is 9.96. The highest BCUT2D eigenvalue weighted by Gasteiger charge is 2.29. The Morgan fingerprint density at radius 3 is 2.26 bits per heavy atom. The summed E-state index contributed by atoms with van der Waals surface area (Å²) in [6.07, 6.45) is 0.856. The highest BCUT2D eigenvalue weighted by molar-refractivity contribution is 7.13. The van der Waals surface area contributed by atoms with Gasteiger partial charge in [0.2, 0.25) is 0 Å². The summed E-state index contributed by atoms with van der Waals surface area (Å²) in [5, 5.41) is 15.1. The molecule has 1 unspecified atom stereocenters. The van der Waals surface area contributed by atoms with Gasteiger partial charge in [-0.2, -0.15) is 0 Å². The van der Waals surface area contributed by atoms with Crippen LogP contribution in [0.2, 0.25) is 0 Å². The number of alkyl carbamates (subject to hydrolysis) is 1. The van der Waals surface area contributed by atoms with Crippen LogP contribution in [0, 0.1) is 11.8 Å². The molecule has 0 fully saturated rings. The highest BCUT2D eigenvalue weighted by atomic mass is 32.1. The van der Waals surface area contributed by atoms with Crippen LogP contribution in [-0.2, 0) is 16.1 Å². The lowest BCUT2D eigenvalue weighted by molar-refractivity contribution is -0.142. The average Bonchev–Trinajstić information content (AvgIpc) is 3.44. The lowest BCUT2D eigenvalue weighted by Gasteiger charge is -2.16. The van der Waals surface area contributed by atoms with Crippen LogP contribution < -0.4 is 10.6 Å². The molecule has 2 aromatic carbocycles. The fourth-order valence-corrected chi connectivity index (χ4v) is 4.97. The van der Waals surface area contributed by atoms with E-state index in [2.05, 4.69) is 39.9 Å². The third-order valence-corrected chi connectivity index (χ3v) is 7.11. The molecule has 1 heterocycles. The van der Waals surface area contributed by atoms with Gasteiger partial charge in [-0.1, -0.05) is 62.4 Å². The van der Waals surface area contributed by atoms with E-state index in [4.69, 9.17) is 4.74 Å². The second kappa shape index (κ2) is 10.7. The fourth-order valence-electron chi connectivity index (χ4n) is 4.19. The Morgan fingerprint density at radius 2 is 1.66 bits per heavy atom. The Balaban J connectivity index is 1.28. The normalized spacial score (nSPS) is 13.1. The van der Waals surface area contributed by atoms with Crippen molar-refractivity contribution in [2.45, 2.75) is 26.3 Å². The maximum atomic E-state index is 12.4. The molecule has 0 spiro atoms. The largest absolute Gasteiger partial charge is 0.481 e. The monoisotopic (exact) mass is 493 g/mol. The molecule has 3 aromatic rings. The van der Waals surface area contributed by atoms with Gasteiger partial charge in [-0.25, -0.2) is 9.78 Å². The number of ether oxygens (including phenoxy) is 1. The van der Waals surface area contributed by atoms with Gasteiger partial charge in [0.1, 0.15) is 16.5 Å². The van der Waals surface area contributed by atoms with Crippen molar-refractivity contribution < 1.29 is 24.2 Å². The lowest BCUT2D eigenvalue weighted by Crippen LogP contribution is -2.35. The van der Waals surface area contributed by atoms with Crippen molar-refractivity contribution in [3.8, 4) is 11.1 Å². The van der Waals surface area contributed by atoms with Crippen molar-refractivity contribution in [3.05, 3.63) is 75.7 Å². The Bertz CT molecular complexity index is 1190. The summed E-state index contributed by atoms with van der Waals surface area (Å²) >= 11 is 1.14. The van der Waals surface area contributed by atoms with Gasteiger partial charge < -0.3 is 20.5 Å². The topological polar surface area (TPSA) is 118 Å². The number of aliphatic carboxylic acids is 1. The third-order valence-electron chi connectivity index (χ3n) is 6.11. The van der Waals surface area contributed by atoms with Crippen LogP contribution in [-0.4, -0.2) is 41.2 Å². The molecule has 1 aliphatic carbocycles. The smallest absolute Gasteiger partial charge is 0.407 e. The number of thiazole rings is 1. The number of aromatic nitrogens is 1. The maximum absolute atomic E-state index is 12.4. The van der Waals surface area contributed by atoms with Crippen molar-refractivity contribution >= 4 is 29.3 Å². The van der Waals surface area contributed by atoms with Gasteiger partial charge in [-0.05, 0) is 28.2 Å². The molecule has 1 aliphatic rings. The van der Waals surface area contributed by atoms with Gasteiger partial charge in [-0.3, -0.25) is 9.59 Å². The standard InChI is InChI=1S/C26H27N3O5S/c1-15(2)20(25(31)32)11-28-24(30)22-12-27-23(35-22)13-29-26(33)34-14-21-18-9-5-3-7-16(18)17-8-4-6-10-19(17)21/h3-10,12,15,20-21H,11,13-14H2,1-2H3,(H,28,30)(H,29,33)(H,31,32). The van der Waals surface area contributed by atoms with Crippen molar-refractivity contribution in [2.75, 3.05) is 13.2 Å². The van der Waals surface area contributed by atoms with E-state index in [-0.39, 0.29) is 37.4 Å². The average molecular weight is 494 g/mol. The van der Waals surface area contributed by atoms with Crippen LogP contribution in [0.4, 0.5) is 4.79 Å². The van der Waals surface area contributed by atoms with Crippen molar-refractivity contribution in [1.82, 2.24) is 15.6 Å². The van der Waals surface area contributed by atoms with E-state index in [0.717, 1.165) is 33.6 Å². The van der Waals surface area contributed by atoms with Crippen LogP contribution in [0.25, 0.3) is 11.1 Å². The molecule has 3 N–H and O–H groups in total. The molecule has 8 nitrogen and oxygen atoms in total. The quantitative estimate of drug-likeness (QED) is 0.410. The maximum Gasteiger partial charge on any atom is 0.407 e. The molecule has 0 aliphatic heterocycles. The number of rotatable bonds is 9. The first-order chi connectivity index (χ1) is 16.8. The number of fused-ring (bicyclic) bond motifs is 3. The summed E-state index contributed by atoms with van der Waals surface area (Å²) in [4.78, 5) is 40.5. The second-order valence-electron chi connectivity index (χ2n) is 8.70. The van der Waals surface area contributed by atoms with Crippen LogP contribution >= 0.6 is 11.3 Å². The van der Waals surface area contributed by atoms with E-state index >= 15 is 0 Å². The number of benzene rings is 2. The Morgan fingerprint density at radius 1 is 1.03 bits per heavy atom. The molecule has 9 heteroatoms. The molecular formula is C26H27N3O5S. The van der Waals surface area contributed by atoms with Crippen LogP contribution in [0.5, 0.6) is 0 Å². The van der Waals surface area contributed by atoms with E-state index in [0.29, 0.717) is 9.88 Å². The summed E-state index contributed by atoms with van der Waals surface area (Å²) in [7, 11) is 0. The first-order valence-corrected chi connectivity index (χ1v) is 12.2. The highest BCUT2D eigenvalue weighted by Crippen LogP contribution is 2.44. The van der Waals surface area contributed by atoms with Crippen molar-refractivity contribution in [3.63, 3.8) is 0 Å². The third kappa shape index (κ3) is 5.51. The number of hydrogen-bond acceptors (Lipinski definition) is 6. The zero-order valence-electron chi connectivity index (χ0n) is 19.5. The van der Waals surface area contributed by atoms with Crippen LogP contribution in [0.3, 0.4) is 0 Å². The van der Waals surface area contributed by atoms with Gasteiger partial charge in [0.25, 0.3) is 5.91 Å². The minimum Gasteiger partial charge on any atom is -0.481 e. The van der Waals surface area contributed by atoms with E-state index in [1.807, 2.05) is 24.3 Å². The summed E-state index contributed by atoms with van der Waals surface area (Å²) in [5.41, 5.74) is 4.60. The van der Waals surface area contributed by atoms with Crippen molar-refractivity contribution in [2.24, 2.45) is 11.8 Å². The first kappa shape index (κ1) is 24.4. The minimum atomic E-state index is -0.947. The molecule has 1 aromatic heterocycles. The SMILES string of the molecule is CC(C)C(CNC(=O)c1cnc(CNC(=O)OCC2c3ccccc3-c3ccccc32)s1)C(=O)O. The molecule has 0 bridgehead atoms. The fraction of sp³-hybridized carbons (Fsp3) is 0.308. The summed E-state index contributed by atoms with van der Waals surface area (Å²) in [6.45, 7) is 3.97. The Hall–Kier alpha value is -3.72.